The van der Waals surface area contributed by atoms with E-state index >= 15 is 0 Å². The average Bonchev–Trinajstić information content (AvgIpc) is 3.15. The van der Waals surface area contributed by atoms with Crippen molar-refractivity contribution in [1.82, 2.24) is 20.2 Å². The van der Waals surface area contributed by atoms with Gasteiger partial charge in [0.15, 0.2) is 0 Å². The minimum absolute atomic E-state index is 0.00331. The number of aromatic hydroxyl groups is 1. The first kappa shape index (κ1) is 14.7. The molecule has 0 aliphatic rings. The number of rotatable bonds is 4. The summed E-state index contributed by atoms with van der Waals surface area (Å²) in [4.78, 5) is 28.0. The second-order valence-corrected chi connectivity index (χ2v) is 5.34. The number of thiophene rings is 1. The molecule has 0 unspecified atom stereocenters. The monoisotopic (exact) mass is 331 g/mol. The molecule has 0 aliphatic heterocycles. The maximum absolute atomic E-state index is 11.6. The molecule has 10 heteroatoms. The van der Waals surface area contributed by atoms with Crippen LogP contribution in [0, 0.1) is 10.1 Å². The number of aromatic amines is 2. The van der Waals surface area contributed by atoms with Gasteiger partial charge in [-0.15, -0.1) is 11.3 Å². The highest BCUT2D eigenvalue weighted by Crippen LogP contribution is 2.27. The Morgan fingerprint density at radius 1 is 1.39 bits per heavy atom. The molecule has 0 aromatic carbocycles. The molecule has 9 nitrogen and oxygen atoms in total. The van der Waals surface area contributed by atoms with Crippen LogP contribution in [0.5, 0.6) is 5.88 Å². The van der Waals surface area contributed by atoms with E-state index in [-0.39, 0.29) is 5.82 Å². The fourth-order valence-electron chi connectivity index (χ4n) is 1.92. The van der Waals surface area contributed by atoms with Gasteiger partial charge in [0.25, 0.3) is 5.88 Å². The summed E-state index contributed by atoms with van der Waals surface area (Å²) < 4.78 is 0. The van der Waals surface area contributed by atoms with E-state index in [4.69, 9.17) is 0 Å². The van der Waals surface area contributed by atoms with Crippen molar-refractivity contribution in [3.8, 4) is 16.5 Å². The Morgan fingerprint density at radius 2 is 2.22 bits per heavy atom. The van der Waals surface area contributed by atoms with Crippen LogP contribution in [-0.2, 0) is 0 Å². The lowest BCUT2D eigenvalue weighted by Gasteiger charge is -1.97. The van der Waals surface area contributed by atoms with Crippen molar-refractivity contribution in [3.63, 3.8) is 0 Å². The molecule has 3 heterocycles. The topological polar surface area (TPSA) is 138 Å². The molecule has 3 aromatic heterocycles. The van der Waals surface area contributed by atoms with Crippen molar-refractivity contribution >= 4 is 29.2 Å². The maximum Gasteiger partial charge on any atom is 0.395 e. The van der Waals surface area contributed by atoms with E-state index in [1.165, 1.54) is 17.4 Å². The van der Waals surface area contributed by atoms with E-state index in [0.29, 0.717) is 0 Å². The van der Waals surface area contributed by atoms with E-state index in [1.54, 1.807) is 12.3 Å². The number of nitro groups is 1. The van der Waals surface area contributed by atoms with E-state index < -0.39 is 22.0 Å². The predicted octanol–water partition coefficient (Wildman–Crippen LogP) is 2.01. The zero-order valence-corrected chi connectivity index (χ0v) is 12.2. The molecular formula is C13H9N5O4S. The summed E-state index contributed by atoms with van der Waals surface area (Å²) >= 11 is 1.53. The molecule has 0 fully saturated rings. The van der Waals surface area contributed by atoms with E-state index in [0.717, 1.165) is 16.1 Å². The maximum atomic E-state index is 11.6. The van der Waals surface area contributed by atoms with Gasteiger partial charge < -0.3 is 10.1 Å². The van der Waals surface area contributed by atoms with Crippen LogP contribution in [-0.4, -0.2) is 30.2 Å². The molecule has 0 saturated heterocycles. The van der Waals surface area contributed by atoms with Gasteiger partial charge in [0, 0.05) is 5.56 Å². The quantitative estimate of drug-likeness (QED) is 0.494. The SMILES string of the molecule is O=c1[nH]c(C=Cc2cn[nH]c2-c2cccs2)nc(O)c1[N+](=O)[O-]. The first-order valence-electron chi connectivity index (χ1n) is 6.29. The van der Waals surface area contributed by atoms with E-state index in [9.17, 15) is 20.0 Å². The van der Waals surface area contributed by atoms with Crippen LogP contribution in [0.2, 0.25) is 0 Å². The minimum Gasteiger partial charge on any atom is -0.488 e. The average molecular weight is 331 g/mol. The second kappa shape index (κ2) is 5.85. The van der Waals surface area contributed by atoms with Gasteiger partial charge in [0.05, 0.1) is 21.7 Å². The van der Waals surface area contributed by atoms with Gasteiger partial charge in [-0.2, -0.15) is 10.1 Å². The number of aromatic nitrogens is 4. The third kappa shape index (κ3) is 2.87. The summed E-state index contributed by atoms with van der Waals surface area (Å²) in [5.41, 5.74) is -0.463. The number of hydrogen-bond acceptors (Lipinski definition) is 7. The largest absolute Gasteiger partial charge is 0.488 e. The van der Waals surface area contributed by atoms with Gasteiger partial charge in [-0.05, 0) is 23.6 Å². The fourth-order valence-corrected chi connectivity index (χ4v) is 2.67. The zero-order valence-electron chi connectivity index (χ0n) is 11.4. The van der Waals surface area contributed by atoms with E-state index in [1.807, 2.05) is 17.5 Å². The molecule has 0 radical (unpaired) electrons. The number of nitrogens with zero attached hydrogens (tertiary/aromatic N) is 3. The standard InChI is InChI=1S/C13H9N5O4S/c19-12-11(18(21)22)13(20)16-9(15-12)4-3-7-6-14-17-10(7)8-2-1-5-23-8/h1-6H,(H,14,17)(H2,15,16,19,20). The normalized spacial score (nSPS) is 11.1. The summed E-state index contributed by atoms with van der Waals surface area (Å²) in [6.45, 7) is 0. The highest BCUT2D eigenvalue weighted by Gasteiger charge is 2.21. The first-order chi connectivity index (χ1) is 11.1. The molecule has 3 aromatic rings. The Balaban J connectivity index is 1.95. The third-order valence-electron chi connectivity index (χ3n) is 2.93. The molecule has 0 bridgehead atoms. The summed E-state index contributed by atoms with van der Waals surface area (Å²) in [6.07, 6.45) is 4.64. The molecule has 0 saturated carbocycles. The Morgan fingerprint density at radius 3 is 2.87 bits per heavy atom. The van der Waals surface area contributed by atoms with Crippen LogP contribution in [0.1, 0.15) is 11.4 Å². The zero-order chi connectivity index (χ0) is 16.4. The summed E-state index contributed by atoms with van der Waals surface area (Å²) in [6, 6.07) is 3.83. The highest BCUT2D eigenvalue weighted by atomic mass is 32.1. The van der Waals surface area contributed by atoms with Gasteiger partial charge in [-0.1, -0.05) is 6.07 Å². The van der Waals surface area contributed by atoms with Gasteiger partial charge >= 0.3 is 11.2 Å². The summed E-state index contributed by atoms with van der Waals surface area (Å²) in [7, 11) is 0. The van der Waals surface area contributed by atoms with Crippen LogP contribution in [0.3, 0.4) is 0 Å². The Labute approximate surface area is 132 Å². The predicted molar refractivity (Wildman–Crippen MR) is 84.0 cm³/mol. The lowest BCUT2D eigenvalue weighted by atomic mass is 10.2. The van der Waals surface area contributed by atoms with Crippen molar-refractivity contribution in [2.75, 3.05) is 0 Å². The lowest BCUT2D eigenvalue weighted by Crippen LogP contribution is -2.14. The summed E-state index contributed by atoms with van der Waals surface area (Å²) in [5.74, 6) is -0.930. The molecule has 0 spiro atoms. The number of nitrogens with one attached hydrogen (secondary N) is 2. The number of hydrogen-bond donors (Lipinski definition) is 3. The van der Waals surface area contributed by atoms with Crippen molar-refractivity contribution in [2.45, 2.75) is 0 Å². The molecule has 116 valence electrons. The van der Waals surface area contributed by atoms with Gasteiger partial charge in [0.2, 0.25) is 0 Å². The second-order valence-electron chi connectivity index (χ2n) is 4.39. The minimum atomic E-state index is -1.02. The Bertz CT molecular complexity index is 942. The lowest BCUT2D eigenvalue weighted by molar-refractivity contribution is -0.387. The molecule has 3 rings (SSSR count). The smallest absolute Gasteiger partial charge is 0.395 e. The van der Waals surface area contributed by atoms with Crippen LogP contribution in [0.15, 0.2) is 28.5 Å². The van der Waals surface area contributed by atoms with Crippen LogP contribution in [0.25, 0.3) is 22.7 Å². The molecule has 0 atom stereocenters. The van der Waals surface area contributed by atoms with E-state index in [2.05, 4.69) is 20.2 Å². The van der Waals surface area contributed by atoms with Gasteiger partial charge in [0.1, 0.15) is 5.82 Å². The van der Waals surface area contributed by atoms with Crippen molar-refractivity contribution in [2.24, 2.45) is 0 Å². The third-order valence-corrected chi connectivity index (χ3v) is 3.82. The van der Waals surface area contributed by atoms with Crippen LogP contribution >= 0.6 is 11.3 Å². The Hall–Kier alpha value is -3.27. The summed E-state index contributed by atoms with van der Waals surface area (Å²) in [5, 5.41) is 28.9. The molecule has 0 amide bonds. The number of H-pyrrole nitrogens is 2. The van der Waals surface area contributed by atoms with Crippen LogP contribution in [0.4, 0.5) is 5.69 Å². The first-order valence-corrected chi connectivity index (χ1v) is 7.17. The fraction of sp³-hybridized carbons (Fsp3) is 0. The van der Waals surface area contributed by atoms with Crippen LogP contribution < -0.4 is 5.56 Å². The molecule has 23 heavy (non-hydrogen) atoms. The molecular weight excluding hydrogens is 322 g/mol. The molecule has 3 N–H and O–H groups in total. The highest BCUT2D eigenvalue weighted by molar-refractivity contribution is 7.13. The Kier molecular flexibility index (Phi) is 3.73. The van der Waals surface area contributed by atoms with Gasteiger partial charge in [-0.25, -0.2) is 0 Å². The van der Waals surface area contributed by atoms with Crippen molar-refractivity contribution in [1.29, 1.82) is 0 Å². The van der Waals surface area contributed by atoms with Crippen molar-refractivity contribution < 1.29 is 10.0 Å². The van der Waals surface area contributed by atoms with Gasteiger partial charge in [-0.3, -0.25) is 20.0 Å². The van der Waals surface area contributed by atoms with Crippen molar-refractivity contribution in [3.05, 3.63) is 55.6 Å². The molecule has 0 aliphatic carbocycles.